The molecule has 1 aromatic heterocycles. The maximum atomic E-state index is 11.6. The van der Waals surface area contributed by atoms with Gasteiger partial charge in [-0.1, -0.05) is 0 Å². The van der Waals surface area contributed by atoms with Gasteiger partial charge >= 0.3 is 11.9 Å². The highest BCUT2D eigenvalue weighted by Crippen LogP contribution is 2.21. The van der Waals surface area contributed by atoms with Crippen LogP contribution in [0.15, 0.2) is 30.5 Å². The molecule has 1 aromatic carbocycles. The molecule has 104 valence electrons. The van der Waals surface area contributed by atoms with Crippen LogP contribution in [0.5, 0.6) is 0 Å². The molecule has 0 spiro atoms. The topological polar surface area (TPSA) is 81.4 Å². The van der Waals surface area contributed by atoms with E-state index in [2.05, 4.69) is 5.10 Å². The Kier molecular flexibility index (Phi) is 3.84. The number of carbonyl (C=O) groups excluding carboxylic acids is 1. The van der Waals surface area contributed by atoms with Crippen molar-refractivity contribution >= 4 is 11.9 Å². The van der Waals surface area contributed by atoms with Crippen LogP contribution in [-0.4, -0.2) is 33.9 Å². The van der Waals surface area contributed by atoms with Crippen LogP contribution < -0.4 is 0 Å². The number of hydrogen-bond donors (Lipinski definition) is 1. The average Bonchev–Trinajstić information content (AvgIpc) is 2.84. The van der Waals surface area contributed by atoms with Crippen molar-refractivity contribution in [3.05, 3.63) is 41.6 Å². The highest BCUT2D eigenvalue weighted by molar-refractivity contribution is 5.91. The molecule has 0 amide bonds. The highest BCUT2D eigenvalue weighted by Gasteiger charge is 2.11. The second kappa shape index (κ2) is 5.56. The monoisotopic (exact) mass is 274 g/mol. The molecule has 2 rings (SSSR count). The van der Waals surface area contributed by atoms with Gasteiger partial charge in [0.25, 0.3) is 0 Å². The summed E-state index contributed by atoms with van der Waals surface area (Å²) in [5, 5.41) is 12.9. The van der Waals surface area contributed by atoms with E-state index in [0.717, 1.165) is 11.1 Å². The van der Waals surface area contributed by atoms with Crippen molar-refractivity contribution in [3.8, 4) is 11.3 Å². The van der Waals surface area contributed by atoms with Gasteiger partial charge in [0.1, 0.15) is 6.54 Å². The molecule has 1 heterocycles. The van der Waals surface area contributed by atoms with E-state index in [0.29, 0.717) is 11.3 Å². The number of nitrogens with zero attached hydrogens (tertiary/aromatic N) is 2. The largest absolute Gasteiger partial charge is 0.480 e. The van der Waals surface area contributed by atoms with Crippen molar-refractivity contribution in [1.82, 2.24) is 9.78 Å². The Balaban J connectivity index is 2.37. The fraction of sp³-hybridized carbons (Fsp3) is 0.214. The number of carboxylic acids is 1. The van der Waals surface area contributed by atoms with Crippen LogP contribution in [0.4, 0.5) is 0 Å². The van der Waals surface area contributed by atoms with Gasteiger partial charge in [0.05, 0.1) is 18.4 Å². The summed E-state index contributed by atoms with van der Waals surface area (Å²) < 4.78 is 6.03. The zero-order valence-corrected chi connectivity index (χ0v) is 11.2. The first kappa shape index (κ1) is 13.8. The van der Waals surface area contributed by atoms with Gasteiger partial charge in [-0.15, -0.1) is 0 Å². The van der Waals surface area contributed by atoms with Crippen molar-refractivity contribution in [2.75, 3.05) is 7.11 Å². The number of carboxylic acid groups (broad SMARTS) is 1. The molecule has 6 nitrogen and oxygen atoms in total. The molecule has 1 N–H and O–H groups in total. The number of benzene rings is 1. The Morgan fingerprint density at radius 1 is 1.35 bits per heavy atom. The molecule has 2 aromatic rings. The van der Waals surface area contributed by atoms with Crippen molar-refractivity contribution in [2.45, 2.75) is 13.5 Å². The van der Waals surface area contributed by atoms with Crippen molar-refractivity contribution in [1.29, 1.82) is 0 Å². The molecule has 0 atom stereocenters. The van der Waals surface area contributed by atoms with Gasteiger partial charge in [-0.05, 0) is 36.8 Å². The zero-order chi connectivity index (χ0) is 14.7. The summed E-state index contributed by atoms with van der Waals surface area (Å²) in [5.41, 5.74) is 2.70. The molecule has 0 saturated carbocycles. The smallest absolute Gasteiger partial charge is 0.337 e. The third kappa shape index (κ3) is 3.03. The van der Waals surface area contributed by atoms with Crippen LogP contribution in [-0.2, 0) is 16.1 Å². The lowest BCUT2D eigenvalue weighted by Gasteiger charge is -2.04. The van der Waals surface area contributed by atoms with E-state index in [-0.39, 0.29) is 6.54 Å². The molecule has 0 aliphatic heterocycles. The van der Waals surface area contributed by atoms with Crippen LogP contribution in [0.3, 0.4) is 0 Å². The number of methoxy groups -OCH3 is 1. The number of hydrogen-bond acceptors (Lipinski definition) is 4. The lowest BCUT2D eigenvalue weighted by atomic mass is 10.0. The number of aryl methyl sites for hydroxylation is 1. The van der Waals surface area contributed by atoms with Gasteiger partial charge in [-0.25, -0.2) is 4.79 Å². The quantitative estimate of drug-likeness (QED) is 0.859. The summed E-state index contributed by atoms with van der Waals surface area (Å²) in [6.45, 7) is 1.67. The van der Waals surface area contributed by atoms with Crippen molar-refractivity contribution < 1.29 is 19.4 Å². The second-order valence-electron chi connectivity index (χ2n) is 4.37. The zero-order valence-electron chi connectivity index (χ0n) is 11.2. The molecule has 0 aliphatic rings. The third-order valence-corrected chi connectivity index (χ3v) is 2.73. The fourth-order valence-electron chi connectivity index (χ4n) is 1.91. The number of esters is 1. The summed E-state index contributed by atoms with van der Waals surface area (Å²) in [7, 11) is 1.33. The van der Waals surface area contributed by atoms with Crippen molar-refractivity contribution in [2.24, 2.45) is 0 Å². The average molecular weight is 274 g/mol. The highest BCUT2D eigenvalue weighted by atomic mass is 16.5. The number of rotatable bonds is 4. The SMILES string of the molecule is COC(=O)c1cc(C)cc(-c2ccn(CC(=O)O)n2)c1. The van der Waals surface area contributed by atoms with Crippen LogP contribution in [0.2, 0.25) is 0 Å². The van der Waals surface area contributed by atoms with E-state index in [1.54, 1.807) is 24.4 Å². The first-order chi connectivity index (χ1) is 9.49. The van der Waals surface area contributed by atoms with Gasteiger partial charge < -0.3 is 9.84 Å². The summed E-state index contributed by atoms with van der Waals surface area (Å²) >= 11 is 0. The van der Waals surface area contributed by atoms with E-state index in [9.17, 15) is 9.59 Å². The van der Waals surface area contributed by atoms with E-state index in [4.69, 9.17) is 9.84 Å². The summed E-state index contributed by atoms with van der Waals surface area (Å²) in [6, 6.07) is 6.98. The van der Waals surface area contributed by atoms with E-state index in [1.807, 2.05) is 13.0 Å². The Morgan fingerprint density at radius 2 is 2.10 bits per heavy atom. The Bertz CT molecular complexity index is 661. The molecule has 6 heteroatoms. The first-order valence-electron chi connectivity index (χ1n) is 5.95. The normalized spacial score (nSPS) is 10.3. The van der Waals surface area contributed by atoms with E-state index in [1.165, 1.54) is 11.8 Å². The molecular weight excluding hydrogens is 260 g/mol. The van der Waals surface area contributed by atoms with Gasteiger partial charge in [0, 0.05) is 11.8 Å². The molecule has 0 fully saturated rings. The third-order valence-electron chi connectivity index (χ3n) is 2.73. The summed E-state index contributed by atoms with van der Waals surface area (Å²) in [4.78, 5) is 22.2. The van der Waals surface area contributed by atoms with Gasteiger partial charge in [0.15, 0.2) is 0 Å². The summed E-state index contributed by atoms with van der Waals surface area (Å²) in [6.07, 6.45) is 1.59. The van der Waals surface area contributed by atoms with Gasteiger partial charge in [-0.3, -0.25) is 9.48 Å². The molecule has 0 aliphatic carbocycles. The van der Waals surface area contributed by atoms with Crippen molar-refractivity contribution in [3.63, 3.8) is 0 Å². The van der Waals surface area contributed by atoms with Gasteiger partial charge in [-0.2, -0.15) is 5.10 Å². The number of ether oxygens (including phenoxy) is 1. The minimum atomic E-state index is -0.959. The first-order valence-corrected chi connectivity index (χ1v) is 5.95. The lowest BCUT2D eigenvalue weighted by Crippen LogP contribution is -2.09. The van der Waals surface area contributed by atoms with Crippen LogP contribution >= 0.6 is 0 Å². The Hall–Kier alpha value is -2.63. The van der Waals surface area contributed by atoms with Gasteiger partial charge in [0.2, 0.25) is 0 Å². The van der Waals surface area contributed by atoms with E-state index < -0.39 is 11.9 Å². The minimum absolute atomic E-state index is 0.199. The Morgan fingerprint density at radius 3 is 2.75 bits per heavy atom. The van der Waals surface area contributed by atoms with Crippen LogP contribution in [0.25, 0.3) is 11.3 Å². The van der Waals surface area contributed by atoms with E-state index >= 15 is 0 Å². The molecule has 0 radical (unpaired) electrons. The maximum Gasteiger partial charge on any atom is 0.337 e. The van der Waals surface area contributed by atoms with Crippen LogP contribution in [0.1, 0.15) is 15.9 Å². The predicted molar refractivity (Wildman–Crippen MR) is 71.4 cm³/mol. The standard InChI is InChI=1S/C14H14N2O4/c1-9-5-10(7-11(6-9)14(19)20-2)12-3-4-16(15-12)8-13(17)18/h3-7H,8H2,1-2H3,(H,17,18). The number of aliphatic carboxylic acids is 1. The minimum Gasteiger partial charge on any atom is -0.480 e. The second-order valence-corrected chi connectivity index (χ2v) is 4.37. The molecule has 0 bridgehead atoms. The molecule has 0 saturated heterocycles. The summed E-state index contributed by atoms with van der Waals surface area (Å²) in [5.74, 6) is -1.38. The molecule has 20 heavy (non-hydrogen) atoms. The fourth-order valence-corrected chi connectivity index (χ4v) is 1.91. The Labute approximate surface area is 115 Å². The molecular formula is C14H14N2O4. The number of carbonyl (C=O) groups is 2. The lowest BCUT2D eigenvalue weighted by molar-refractivity contribution is -0.137. The number of aromatic nitrogens is 2. The maximum absolute atomic E-state index is 11.6. The van der Waals surface area contributed by atoms with Crippen LogP contribution in [0, 0.1) is 6.92 Å². The predicted octanol–water partition coefficient (Wildman–Crippen LogP) is 1.73. The molecule has 0 unspecified atom stereocenters.